The van der Waals surface area contributed by atoms with Gasteiger partial charge in [0.15, 0.2) is 0 Å². The zero-order chi connectivity index (χ0) is 16.3. The fourth-order valence-corrected chi connectivity index (χ4v) is 2.07. The minimum atomic E-state index is -1.31. The highest BCUT2D eigenvalue weighted by Gasteiger charge is 2.24. The lowest BCUT2D eigenvalue weighted by Gasteiger charge is -2.24. The molecule has 0 heterocycles. The van der Waals surface area contributed by atoms with Gasteiger partial charge in [-0.05, 0) is 37.1 Å². The molecule has 1 amide bonds. The number of hydrogen-bond donors (Lipinski definition) is 2. The first-order valence-corrected chi connectivity index (χ1v) is 6.83. The van der Waals surface area contributed by atoms with Crippen molar-refractivity contribution in [1.29, 1.82) is 0 Å². The average molecular weight is 305 g/mol. The molecule has 116 valence electrons. The molecule has 2 N–H and O–H groups in total. The predicted molar refractivity (Wildman–Crippen MR) is 79.4 cm³/mol. The summed E-state index contributed by atoms with van der Waals surface area (Å²) in [5, 5.41) is 12.8. The maximum atomic E-state index is 13.7. The fourth-order valence-electron chi connectivity index (χ4n) is 2.07. The second-order valence-corrected chi connectivity index (χ2v) is 5.40. The molecule has 0 spiro atoms. The maximum absolute atomic E-state index is 13.7. The topological polar surface area (TPSA) is 49.3 Å². The Bertz CT molecular complexity index is 685. The van der Waals surface area contributed by atoms with Crippen molar-refractivity contribution in [2.75, 3.05) is 6.54 Å². The lowest BCUT2D eigenvalue weighted by atomic mass is 9.96. The summed E-state index contributed by atoms with van der Waals surface area (Å²) in [6.45, 7) is 2.83. The van der Waals surface area contributed by atoms with E-state index >= 15 is 0 Å². The van der Waals surface area contributed by atoms with E-state index in [9.17, 15) is 18.7 Å². The molecule has 3 nitrogen and oxygen atoms in total. The number of carbonyl (C=O) groups is 1. The van der Waals surface area contributed by atoms with Crippen LogP contribution in [0.2, 0.25) is 0 Å². The van der Waals surface area contributed by atoms with Gasteiger partial charge >= 0.3 is 0 Å². The van der Waals surface area contributed by atoms with Gasteiger partial charge in [-0.2, -0.15) is 0 Å². The molecule has 0 bridgehead atoms. The third kappa shape index (κ3) is 3.49. The van der Waals surface area contributed by atoms with Crippen molar-refractivity contribution in [3.8, 4) is 0 Å². The number of amides is 1. The van der Waals surface area contributed by atoms with Gasteiger partial charge in [0, 0.05) is 0 Å². The van der Waals surface area contributed by atoms with Crippen LogP contribution in [0.15, 0.2) is 42.5 Å². The Morgan fingerprint density at radius 3 is 2.45 bits per heavy atom. The lowest BCUT2D eigenvalue weighted by molar-refractivity contribution is 0.0525. The van der Waals surface area contributed by atoms with Gasteiger partial charge < -0.3 is 10.4 Å². The van der Waals surface area contributed by atoms with Gasteiger partial charge in [0.2, 0.25) is 0 Å². The van der Waals surface area contributed by atoms with Crippen LogP contribution < -0.4 is 5.32 Å². The summed E-state index contributed by atoms with van der Waals surface area (Å²) < 4.78 is 27.2. The molecule has 22 heavy (non-hydrogen) atoms. The van der Waals surface area contributed by atoms with Gasteiger partial charge in [-0.3, -0.25) is 4.79 Å². The van der Waals surface area contributed by atoms with Crippen LogP contribution >= 0.6 is 0 Å². The first-order valence-electron chi connectivity index (χ1n) is 6.83. The Labute approximate surface area is 127 Å². The van der Waals surface area contributed by atoms with Gasteiger partial charge in [-0.1, -0.05) is 30.3 Å². The first kappa shape index (κ1) is 16.1. The van der Waals surface area contributed by atoms with Crippen molar-refractivity contribution >= 4 is 5.91 Å². The smallest absolute Gasteiger partial charge is 0.254 e. The average Bonchev–Trinajstić information content (AvgIpc) is 2.49. The Hall–Kier alpha value is -2.27. The van der Waals surface area contributed by atoms with E-state index in [2.05, 4.69) is 5.32 Å². The number of hydrogen-bond acceptors (Lipinski definition) is 2. The maximum Gasteiger partial charge on any atom is 0.254 e. The molecule has 5 heteroatoms. The van der Waals surface area contributed by atoms with Crippen LogP contribution in [0, 0.1) is 18.6 Å². The van der Waals surface area contributed by atoms with Crippen LogP contribution in [0.4, 0.5) is 8.78 Å². The minimum Gasteiger partial charge on any atom is -0.384 e. The number of aliphatic hydroxyl groups is 1. The zero-order valence-corrected chi connectivity index (χ0v) is 12.4. The molecule has 0 aliphatic rings. The van der Waals surface area contributed by atoms with Crippen molar-refractivity contribution in [2.24, 2.45) is 0 Å². The van der Waals surface area contributed by atoms with E-state index in [1.54, 1.807) is 24.3 Å². The van der Waals surface area contributed by atoms with Crippen LogP contribution in [0.3, 0.4) is 0 Å². The molecule has 0 aliphatic heterocycles. The van der Waals surface area contributed by atoms with Gasteiger partial charge in [-0.25, -0.2) is 8.78 Å². The monoisotopic (exact) mass is 305 g/mol. The van der Waals surface area contributed by atoms with E-state index in [-0.39, 0.29) is 17.7 Å². The number of aryl methyl sites for hydroxylation is 1. The summed E-state index contributed by atoms with van der Waals surface area (Å²) in [5.74, 6) is -2.22. The quantitative estimate of drug-likeness (QED) is 0.912. The summed E-state index contributed by atoms with van der Waals surface area (Å²) >= 11 is 0. The normalized spacial score (nSPS) is 13.5. The number of halogens is 2. The molecule has 0 radical (unpaired) electrons. The van der Waals surface area contributed by atoms with Crippen molar-refractivity contribution < 1.29 is 18.7 Å². The highest BCUT2D eigenvalue weighted by atomic mass is 19.1. The Kier molecular flexibility index (Phi) is 4.56. The van der Waals surface area contributed by atoms with Crippen molar-refractivity contribution in [3.05, 3.63) is 70.8 Å². The van der Waals surface area contributed by atoms with Gasteiger partial charge in [0.1, 0.15) is 17.2 Å². The van der Waals surface area contributed by atoms with E-state index in [1.165, 1.54) is 13.8 Å². The predicted octanol–water partition coefficient (Wildman–Crippen LogP) is 2.91. The first-order chi connectivity index (χ1) is 10.3. The molecular formula is C17H17F2NO2. The van der Waals surface area contributed by atoms with Gasteiger partial charge in [0.05, 0.1) is 12.1 Å². The second kappa shape index (κ2) is 6.23. The zero-order valence-electron chi connectivity index (χ0n) is 12.4. The Morgan fingerprint density at radius 1 is 1.18 bits per heavy atom. The summed E-state index contributed by atoms with van der Waals surface area (Å²) in [6.07, 6.45) is 0. The Balaban J connectivity index is 2.12. The molecular weight excluding hydrogens is 288 g/mol. The van der Waals surface area contributed by atoms with E-state index in [1.807, 2.05) is 6.07 Å². The van der Waals surface area contributed by atoms with Crippen LogP contribution in [0.5, 0.6) is 0 Å². The number of rotatable bonds is 4. The van der Waals surface area contributed by atoms with E-state index in [4.69, 9.17) is 0 Å². The van der Waals surface area contributed by atoms with E-state index in [0.29, 0.717) is 5.56 Å². The second-order valence-electron chi connectivity index (χ2n) is 5.40. The number of carbonyl (C=O) groups excluding carboxylic acids is 1. The summed E-state index contributed by atoms with van der Waals surface area (Å²) in [4.78, 5) is 12.0. The summed E-state index contributed by atoms with van der Waals surface area (Å²) in [7, 11) is 0. The molecule has 0 fully saturated rings. The molecule has 2 rings (SSSR count). The Morgan fingerprint density at radius 2 is 1.82 bits per heavy atom. The van der Waals surface area contributed by atoms with Gasteiger partial charge in [0.25, 0.3) is 5.91 Å². The third-order valence-electron chi connectivity index (χ3n) is 3.48. The van der Waals surface area contributed by atoms with E-state index in [0.717, 1.165) is 12.1 Å². The largest absolute Gasteiger partial charge is 0.384 e. The van der Waals surface area contributed by atoms with Crippen LogP contribution in [-0.4, -0.2) is 17.6 Å². The molecule has 2 aromatic carbocycles. The molecule has 0 aliphatic carbocycles. The standard InChI is InChI=1S/C17H17F2NO2/c1-11-8-15(19)13(9-14(11)18)16(21)20-10-17(2,22)12-6-4-3-5-7-12/h3-9,22H,10H2,1-2H3,(H,20,21). The third-order valence-corrected chi connectivity index (χ3v) is 3.48. The highest BCUT2D eigenvalue weighted by molar-refractivity contribution is 5.94. The van der Waals surface area contributed by atoms with Crippen LogP contribution in [-0.2, 0) is 5.60 Å². The van der Waals surface area contributed by atoms with Crippen molar-refractivity contribution in [3.63, 3.8) is 0 Å². The van der Waals surface area contributed by atoms with Crippen LogP contribution in [0.25, 0.3) is 0 Å². The van der Waals surface area contributed by atoms with Crippen molar-refractivity contribution in [1.82, 2.24) is 5.32 Å². The molecule has 0 saturated carbocycles. The summed E-state index contributed by atoms with van der Waals surface area (Å²) in [6, 6.07) is 10.6. The molecule has 2 aromatic rings. The van der Waals surface area contributed by atoms with Crippen molar-refractivity contribution in [2.45, 2.75) is 19.4 Å². The van der Waals surface area contributed by atoms with Crippen LogP contribution in [0.1, 0.15) is 28.4 Å². The lowest BCUT2D eigenvalue weighted by Crippen LogP contribution is -2.38. The van der Waals surface area contributed by atoms with E-state index < -0.39 is 23.1 Å². The fraction of sp³-hybridized carbons (Fsp3) is 0.235. The molecule has 1 unspecified atom stereocenters. The highest BCUT2D eigenvalue weighted by Crippen LogP contribution is 2.20. The number of benzene rings is 2. The number of nitrogens with one attached hydrogen (secondary N) is 1. The minimum absolute atomic E-state index is 0.120. The molecule has 0 aromatic heterocycles. The van der Waals surface area contributed by atoms with Gasteiger partial charge in [-0.15, -0.1) is 0 Å². The SMILES string of the molecule is Cc1cc(F)c(C(=O)NCC(C)(O)c2ccccc2)cc1F. The molecule has 0 saturated heterocycles. The molecule has 1 atom stereocenters. The summed E-state index contributed by atoms with van der Waals surface area (Å²) in [5.41, 5.74) is -0.945.